The molecule has 33 heavy (non-hydrogen) atoms. The first-order valence-electron chi connectivity index (χ1n) is 10.4. The Kier molecular flexibility index (Phi) is 7.19. The smallest absolute Gasteiger partial charge is 0.356 e. The summed E-state index contributed by atoms with van der Waals surface area (Å²) >= 11 is 0. The third kappa shape index (κ3) is 6.40. The highest BCUT2D eigenvalue weighted by atomic mass is 32.2. The van der Waals surface area contributed by atoms with E-state index in [9.17, 15) is 13.2 Å². The van der Waals surface area contributed by atoms with Crippen LogP contribution in [0.1, 0.15) is 42.4 Å². The Balaban J connectivity index is 1.79. The van der Waals surface area contributed by atoms with E-state index < -0.39 is 21.5 Å². The molecule has 3 rings (SSSR count). The summed E-state index contributed by atoms with van der Waals surface area (Å²) in [7, 11) is -2.40. The second-order valence-electron chi connectivity index (χ2n) is 8.71. The molecule has 3 aromatic rings. The molecule has 0 fully saturated rings. The van der Waals surface area contributed by atoms with Gasteiger partial charge in [0.1, 0.15) is 18.1 Å². The zero-order chi connectivity index (χ0) is 24.2. The summed E-state index contributed by atoms with van der Waals surface area (Å²) in [6, 6.07) is 16.0. The third-order valence-corrected chi connectivity index (χ3v) is 6.48. The fourth-order valence-corrected chi connectivity index (χ4v) is 4.83. The van der Waals surface area contributed by atoms with Crippen LogP contribution in [0.2, 0.25) is 0 Å². The summed E-state index contributed by atoms with van der Waals surface area (Å²) in [6.45, 7) is 7.66. The molecule has 0 bridgehead atoms. The number of benzene rings is 2. The molecule has 0 spiro atoms. The number of carbonyl (C=O) groups excluding carboxylic acids is 1. The van der Waals surface area contributed by atoms with Crippen molar-refractivity contribution in [3.8, 4) is 16.9 Å². The third-order valence-electron chi connectivity index (χ3n) is 4.67. The fourth-order valence-electron chi connectivity index (χ4n) is 3.20. The predicted octanol–water partition coefficient (Wildman–Crippen LogP) is 4.50. The van der Waals surface area contributed by atoms with Crippen LogP contribution >= 0.6 is 0 Å². The standard InChI is InChI=1S/C25H28N2O5S/c1-17-6-13-23(33(29,30)27-25(2,3)4)21(14-17)19-9-7-18(8-10-19)16-32-20-11-12-22(26-15-20)24(28)31-5/h6-15,27H,16H2,1-5H3. The molecule has 0 saturated carbocycles. The summed E-state index contributed by atoms with van der Waals surface area (Å²) in [6.07, 6.45) is 1.47. The lowest BCUT2D eigenvalue weighted by Gasteiger charge is -2.22. The Morgan fingerprint density at radius 2 is 1.73 bits per heavy atom. The minimum absolute atomic E-state index is 0.207. The fraction of sp³-hybridized carbons (Fsp3) is 0.280. The van der Waals surface area contributed by atoms with Crippen molar-refractivity contribution in [2.45, 2.75) is 44.7 Å². The quantitative estimate of drug-likeness (QED) is 0.513. The van der Waals surface area contributed by atoms with Gasteiger partial charge in [-0.05, 0) is 57.0 Å². The molecule has 0 aliphatic carbocycles. The van der Waals surface area contributed by atoms with Crippen LogP contribution in [-0.4, -0.2) is 32.0 Å². The molecule has 7 nitrogen and oxygen atoms in total. The lowest BCUT2D eigenvalue weighted by atomic mass is 10.0. The Hall–Kier alpha value is -3.23. The SMILES string of the molecule is COC(=O)c1ccc(OCc2ccc(-c3cc(C)ccc3S(=O)(=O)NC(C)(C)C)cc2)cn1. The van der Waals surface area contributed by atoms with Gasteiger partial charge in [0, 0.05) is 11.1 Å². The van der Waals surface area contributed by atoms with Crippen molar-refractivity contribution in [1.82, 2.24) is 9.71 Å². The molecule has 0 unspecified atom stereocenters. The van der Waals surface area contributed by atoms with Crippen molar-refractivity contribution < 1.29 is 22.7 Å². The number of sulfonamides is 1. The first kappa shape index (κ1) is 24.4. The highest BCUT2D eigenvalue weighted by Crippen LogP contribution is 2.29. The molecule has 0 saturated heterocycles. The number of carbonyl (C=O) groups is 1. The number of esters is 1. The Bertz CT molecular complexity index is 1230. The average molecular weight is 469 g/mol. The van der Waals surface area contributed by atoms with Crippen LogP contribution in [0.5, 0.6) is 5.75 Å². The van der Waals surface area contributed by atoms with Gasteiger partial charge in [0.15, 0.2) is 0 Å². The molecule has 0 amide bonds. The van der Waals surface area contributed by atoms with Crippen LogP contribution in [0, 0.1) is 6.92 Å². The van der Waals surface area contributed by atoms with E-state index in [1.54, 1.807) is 18.2 Å². The number of nitrogens with one attached hydrogen (secondary N) is 1. The van der Waals surface area contributed by atoms with Gasteiger partial charge in [-0.2, -0.15) is 0 Å². The summed E-state index contributed by atoms with van der Waals surface area (Å²) in [5, 5.41) is 0. The van der Waals surface area contributed by atoms with Gasteiger partial charge >= 0.3 is 5.97 Å². The largest absolute Gasteiger partial charge is 0.487 e. The molecule has 0 aliphatic heterocycles. The van der Waals surface area contributed by atoms with Crippen molar-refractivity contribution in [2.75, 3.05) is 7.11 Å². The van der Waals surface area contributed by atoms with E-state index in [0.29, 0.717) is 17.9 Å². The first-order chi connectivity index (χ1) is 15.5. The number of aromatic nitrogens is 1. The summed E-state index contributed by atoms with van der Waals surface area (Å²) in [4.78, 5) is 15.7. The second kappa shape index (κ2) is 9.72. The van der Waals surface area contributed by atoms with Gasteiger partial charge in [0.2, 0.25) is 10.0 Å². The Morgan fingerprint density at radius 3 is 2.30 bits per heavy atom. The number of pyridine rings is 1. The first-order valence-corrected chi connectivity index (χ1v) is 11.9. The van der Waals surface area contributed by atoms with Crippen molar-refractivity contribution >= 4 is 16.0 Å². The van der Waals surface area contributed by atoms with E-state index in [0.717, 1.165) is 16.7 Å². The number of rotatable bonds is 7. The zero-order valence-electron chi connectivity index (χ0n) is 19.4. The van der Waals surface area contributed by atoms with Crippen molar-refractivity contribution in [3.05, 3.63) is 77.6 Å². The van der Waals surface area contributed by atoms with Gasteiger partial charge in [0.05, 0.1) is 18.2 Å². The summed E-state index contributed by atoms with van der Waals surface area (Å²) in [5.41, 5.74) is 2.92. The molecule has 2 aromatic carbocycles. The maximum absolute atomic E-state index is 13.0. The highest BCUT2D eigenvalue weighted by Gasteiger charge is 2.25. The van der Waals surface area contributed by atoms with Crippen molar-refractivity contribution in [1.29, 1.82) is 0 Å². The van der Waals surface area contributed by atoms with Crippen LogP contribution in [0.4, 0.5) is 0 Å². The number of hydrogen-bond acceptors (Lipinski definition) is 6. The molecule has 174 valence electrons. The second-order valence-corrected chi connectivity index (χ2v) is 10.4. The maximum Gasteiger partial charge on any atom is 0.356 e. The minimum atomic E-state index is -3.70. The Morgan fingerprint density at radius 1 is 1.03 bits per heavy atom. The number of ether oxygens (including phenoxy) is 2. The van der Waals surface area contributed by atoms with Crippen LogP contribution < -0.4 is 9.46 Å². The molecule has 0 atom stereocenters. The summed E-state index contributed by atoms with van der Waals surface area (Å²) in [5.74, 6) is 0.0134. The highest BCUT2D eigenvalue weighted by molar-refractivity contribution is 7.89. The molecule has 8 heteroatoms. The summed E-state index contributed by atoms with van der Waals surface area (Å²) < 4.78 is 39.1. The van der Waals surface area contributed by atoms with Gasteiger partial charge in [-0.1, -0.05) is 42.0 Å². The molecule has 1 N–H and O–H groups in total. The van der Waals surface area contributed by atoms with Crippen LogP contribution in [0.15, 0.2) is 65.7 Å². The molecular weight excluding hydrogens is 440 g/mol. The lowest BCUT2D eigenvalue weighted by molar-refractivity contribution is 0.0594. The zero-order valence-corrected chi connectivity index (χ0v) is 20.2. The van der Waals surface area contributed by atoms with Gasteiger partial charge in [-0.3, -0.25) is 0 Å². The number of nitrogens with zero attached hydrogens (tertiary/aromatic N) is 1. The van der Waals surface area contributed by atoms with E-state index in [-0.39, 0.29) is 10.6 Å². The van der Waals surface area contributed by atoms with E-state index >= 15 is 0 Å². The van der Waals surface area contributed by atoms with Crippen LogP contribution in [0.3, 0.4) is 0 Å². The number of hydrogen-bond donors (Lipinski definition) is 1. The molecule has 0 radical (unpaired) electrons. The number of methoxy groups -OCH3 is 1. The molecule has 1 heterocycles. The van der Waals surface area contributed by atoms with E-state index in [2.05, 4.69) is 14.4 Å². The van der Waals surface area contributed by atoms with Crippen molar-refractivity contribution in [2.24, 2.45) is 0 Å². The monoisotopic (exact) mass is 468 g/mol. The van der Waals surface area contributed by atoms with Crippen molar-refractivity contribution in [3.63, 3.8) is 0 Å². The maximum atomic E-state index is 13.0. The normalized spacial score (nSPS) is 11.8. The van der Waals surface area contributed by atoms with Gasteiger partial charge in [0.25, 0.3) is 0 Å². The lowest BCUT2D eigenvalue weighted by Crippen LogP contribution is -2.40. The van der Waals surface area contributed by atoms with Gasteiger partial charge in [-0.15, -0.1) is 0 Å². The van der Waals surface area contributed by atoms with E-state index in [1.807, 2.05) is 58.0 Å². The number of aryl methyl sites for hydroxylation is 1. The molecule has 0 aliphatic rings. The Labute approximate surface area is 194 Å². The van der Waals surface area contributed by atoms with Crippen LogP contribution in [-0.2, 0) is 21.4 Å². The van der Waals surface area contributed by atoms with E-state index in [4.69, 9.17) is 4.74 Å². The minimum Gasteiger partial charge on any atom is -0.487 e. The van der Waals surface area contributed by atoms with E-state index in [1.165, 1.54) is 19.4 Å². The average Bonchev–Trinajstić information content (AvgIpc) is 2.76. The van der Waals surface area contributed by atoms with Crippen LogP contribution in [0.25, 0.3) is 11.1 Å². The van der Waals surface area contributed by atoms with Gasteiger partial charge in [-0.25, -0.2) is 22.9 Å². The molecule has 1 aromatic heterocycles. The molecular formula is C25H28N2O5S. The topological polar surface area (TPSA) is 94.6 Å². The predicted molar refractivity (Wildman–Crippen MR) is 127 cm³/mol. The van der Waals surface area contributed by atoms with Gasteiger partial charge < -0.3 is 9.47 Å².